The molecule has 0 fully saturated rings. The fourth-order valence-corrected chi connectivity index (χ4v) is 1.19. The summed E-state index contributed by atoms with van der Waals surface area (Å²) < 4.78 is 0. The van der Waals surface area contributed by atoms with Gasteiger partial charge in [0.1, 0.15) is 0 Å². The second kappa shape index (κ2) is 9.01. The van der Waals surface area contributed by atoms with Gasteiger partial charge in [0.25, 0.3) is 0 Å². The van der Waals surface area contributed by atoms with Crippen molar-refractivity contribution >= 4 is 0 Å². The summed E-state index contributed by atoms with van der Waals surface area (Å²) in [7, 11) is 0. The van der Waals surface area contributed by atoms with E-state index < -0.39 is 0 Å². The zero-order valence-corrected chi connectivity index (χ0v) is 8.42. The van der Waals surface area contributed by atoms with E-state index in [1.165, 1.54) is 6.42 Å². The lowest BCUT2D eigenvalue weighted by Gasteiger charge is -2.16. The van der Waals surface area contributed by atoms with Gasteiger partial charge in [0.2, 0.25) is 0 Å². The Balaban J connectivity index is 3.06. The molecule has 0 saturated heterocycles. The number of nitrogens with zero attached hydrogens (tertiary/aromatic N) is 1. The van der Waals surface area contributed by atoms with Crippen molar-refractivity contribution in [3.05, 3.63) is 6.54 Å². The predicted octanol–water partition coefficient (Wildman–Crippen LogP) is 2.04. The Bertz CT molecular complexity index is 81.9. The average Bonchev–Trinajstić information content (AvgIpc) is 2.11. The maximum Gasteiger partial charge on any atom is 0.0431 e. The normalized spacial score (nSPS) is 11.0. The Morgan fingerprint density at radius 3 is 2.25 bits per heavy atom. The number of aliphatic hydroxyl groups is 1. The van der Waals surface area contributed by atoms with Crippen molar-refractivity contribution in [3.63, 3.8) is 0 Å². The van der Waals surface area contributed by atoms with Crippen LogP contribution in [0.4, 0.5) is 0 Å². The molecule has 0 aromatic rings. The van der Waals surface area contributed by atoms with Crippen molar-refractivity contribution in [1.29, 1.82) is 0 Å². The van der Waals surface area contributed by atoms with Crippen molar-refractivity contribution in [2.24, 2.45) is 0 Å². The van der Waals surface area contributed by atoms with Crippen LogP contribution in [0.2, 0.25) is 0 Å². The van der Waals surface area contributed by atoms with E-state index in [0.29, 0.717) is 6.61 Å². The van der Waals surface area contributed by atoms with E-state index in [1.54, 1.807) is 0 Å². The van der Waals surface area contributed by atoms with Gasteiger partial charge in [0.15, 0.2) is 0 Å². The molecule has 0 rings (SSSR count). The molecule has 12 heavy (non-hydrogen) atoms. The van der Waals surface area contributed by atoms with Crippen molar-refractivity contribution in [1.82, 2.24) is 4.90 Å². The lowest BCUT2D eigenvalue weighted by Crippen LogP contribution is -2.19. The number of rotatable bonds is 8. The van der Waals surface area contributed by atoms with Gasteiger partial charge in [0.05, 0.1) is 0 Å². The van der Waals surface area contributed by atoms with Crippen LogP contribution in [-0.2, 0) is 0 Å². The van der Waals surface area contributed by atoms with Gasteiger partial charge >= 0.3 is 0 Å². The average molecular weight is 172 g/mol. The van der Waals surface area contributed by atoms with Gasteiger partial charge in [-0.2, -0.15) is 0 Å². The molecular formula is C10H22NO. The molecule has 2 nitrogen and oxygen atoms in total. The van der Waals surface area contributed by atoms with Crippen molar-refractivity contribution in [2.75, 3.05) is 19.7 Å². The summed E-state index contributed by atoms with van der Waals surface area (Å²) in [5.74, 6) is 0. The Kier molecular flexibility index (Phi) is 8.95. The largest absolute Gasteiger partial charge is 0.396 e. The van der Waals surface area contributed by atoms with Gasteiger partial charge in [-0.1, -0.05) is 26.7 Å². The van der Waals surface area contributed by atoms with Crippen LogP contribution in [0.5, 0.6) is 0 Å². The monoisotopic (exact) mass is 172 g/mol. The van der Waals surface area contributed by atoms with Crippen LogP contribution < -0.4 is 0 Å². The molecule has 1 radical (unpaired) electrons. The smallest absolute Gasteiger partial charge is 0.0431 e. The van der Waals surface area contributed by atoms with Gasteiger partial charge in [-0.15, -0.1) is 0 Å². The highest BCUT2D eigenvalue weighted by molar-refractivity contribution is 4.65. The maximum atomic E-state index is 8.55. The molecule has 0 aromatic carbocycles. The Hall–Kier alpha value is -0.0800. The minimum atomic E-state index is 0.339. The minimum absolute atomic E-state index is 0.339. The van der Waals surface area contributed by atoms with E-state index in [0.717, 1.165) is 32.4 Å². The molecule has 0 unspecified atom stereocenters. The lowest BCUT2D eigenvalue weighted by molar-refractivity contribution is 0.281. The minimum Gasteiger partial charge on any atom is -0.396 e. The van der Waals surface area contributed by atoms with Crippen LogP contribution in [-0.4, -0.2) is 29.7 Å². The van der Waals surface area contributed by atoms with E-state index in [2.05, 4.69) is 25.3 Å². The quantitative estimate of drug-likeness (QED) is 0.566. The number of hydrogen-bond donors (Lipinski definition) is 1. The van der Waals surface area contributed by atoms with Crippen LogP contribution in [0.25, 0.3) is 0 Å². The lowest BCUT2D eigenvalue weighted by atomic mass is 10.2. The number of hydrogen-bond acceptors (Lipinski definition) is 2. The highest BCUT2D eigenvalue weighted by atomic mass is 16.2. The first kappa shape index (κ1) is 11.9. The molecule has 0 aliphatic heterocycles. The zero-order chi connectivity index (χ0) is 9.23. The van der Waals surface area contributed by atoms with E-state index in [9.17, 15) is 0 Å². The summed E-state index contributed by atoms with van der Waals surface area (Å²) >= 11 is 0. The van der Waals surface area contributed by atoms with Gasteiger partial charge in [-0.25, -0.2) is 0 Å². The third-order valence-electron chi connectivity index (χ3n) is 2.06. The summed E-state index contributed by atoms with van der Waals surface area (Å²) in [6, 6.07) is 0. The van der Waals surface area contributed by atoms with Gasteiger partial charge in [-0.3, -0.25) is 4.90 Å². The van der Waals surface area contributed by atoms with Crippen LogP contribution in [0.15, 0.2) is 0 Å². The van der Waals surface area contributed by atoms with Crippen LogP contribution >= 0.6 is 0 Å². The first-order chi connectivity index (χ1) is 5.85. The summed E-state index contributed by atoms with van der Waals surface area (Å²) in [5.41, 5.74) is 0. The third kappa shape index (κ3) is 6.62. The van der Waals surface area contributed by atoms with Crippen LogP contribution in [0.1, 0.15) is 39.5 Å². The molecule has 2 heteroatoms. The number of unbranched alkanes of at least 4 members (excludes halogenated alkanes) is 3. The third-order valence-corrected chi connectivity index (χ3v) is 2.06. The molecule has 0 aliphatic rings. The molecule has 0 atom stereocenters. The highest BCUT2D eigenvalue weighted by Crippen LogP contribution is 2.04. The van der Waals surface area contributed by atoms with Gasteiger partial charge in [0, 0.05) is 13.2 Å². The van der Waals surface area contributed by atoms with Crippen molar-refractivity contribution < 1.29 is 5.11 Å². The molecule has 0 heterocycles. The van der Waals surface area contributed by atoms with Crippen molar-refractivity contribution in [3.8, 4) is 0 Å². The van der Waals surface area contributed by atoms with Crippen molar-refractivity contribution in [2.45, 2.75) is 39.5 Å². The standard InChI is InChI=1S/C10H22NO/c1-3-11(4-2)9-7-5-6-8-10-12/h9,12H,3-8,10H2,1-2H3. The Labute approximate surface area is 76.6 Å². The summed E-state index contributed by atoms with van der Waals surface area (Å²) in [6.07, 6.45) is 4.46. The predicted molar refractivity (Wildman–Crippen MR) is 52.8 cm³/mol. The fourth-order valence-electron chi connectivity index (χ4n) is 1.19. The first-order valence-corrected chi connectivity index (χ1v) is 5.03. The molecule has 1 N–H and O–H groups in total. The van der Waals surface area contributed by atoms with E-state index in [4.69, 9.17) is 5.11 Å². The molecule has 0 saturated carbocycles. The van der Waals surface area contributed by atoms with Gasteiger partial charge in [-0.05, 0) is 25.9 Å². The number of aliphatic hydroxyl groups excluding tert-OH is 1. The Morgan fingerprint density at radius 2 is 1.75 bits per heavy atom. The van der Waals surface area contributed by atoms with Gasteiger partial charge < -0.3 is 5.11 Å². The Morgan fingerprint density at radius 1 is 1.08 bits per heavy atom. The van der Waals surface area contributed by atoms with Crippen LogP contribution in [0, 0.1) is 6.54 Å². The summed E-state index contributed by atoms with van der Waals surface area (Å²) in [4.78, 5) is 2.32. The molecule has 0 aromatic heterocycles. The SMILES string of the molecule is CCN([CH]CCCCCO)CC. The molecular weight excluding hydrogens is 150 g/mol. The van der Waals surface area contributed by atoms with E-state index in [1.807, 2.05) is 0 Å². The highest BCUT2D eigenvalue weighted by Gasteiger charge is 1.97. The van der Waals surface area contributed by atoms with E-state index in [-0.39, 0.29) is 0 Å². The van der Waals surface area contributed by atoms with Crippen LogP contribution in [0.3, 0.4) is 0 Å². The topological polar surface area (TPSA) is 23.5 Å². The summed E-state index contributed by atoms with van der Waals surface area (Å²) in [6.45, 7) is 9.18. The molecule has 0 bridgehead atoms. The maximum absolute atomic E-state index is 8.55. The van der Waals surface area contributed by atoms with E-state index >= 15 is 0 Å². The second-order valence-corrected chi connectivity index (χ2v) is 2.98. The zero-order valence-electron chi connectivity index (χ0n) is 8.42. The molecule has 73 valence electrons. The second-order valence-electron chi connectivity index (χ2n) is 2.98. The molecule has 0 spiro atoms. The fraction of sp³-hybridized carbons (Fsp3) is 0.900. The molecule has 0 aliphatic carbocycles. The summed E-state index contributed by atoms with van der Waals surface area (Å²) in [5, 5.41) is 8.55. The molecule has 0 amide bonds. The first-order valence-electron chi connectivity index (χ1n) is 5.03.